The predicted octanol–water partition coefficient (Wildman–Crippen LogP) is 6.43. The van der Waals surface area contributed by atoms with Crippen molar-refractivity contribution in [1.29, 1.82) is 5.26 Å². The van der Waals surface area contributed by atoms with Gasteiger partial charge in [-0.05, 0) is 49.5 Å². The van der Waals surface area contributed by atoms with E-state index >= 15 is 0 Å². The molecule has 0 unspecified atom stereocenters. The first-order chi connectivity index (χ1) is 20.1. The number of pyridine rings is 1. The van der Waals surface area contributed by atoms with E-state index in [-0.39, 0.29) is 10.9 Å². The van der Waals surface area contributed by atoms with Crippen LogP contribution in [0, 0.1) is 17.1 Å². The van der Waals surface area contributed by atoms with Crippen LogP contribution in [0.1, 0.15) is 49.6 Å². The molecule has 0 radical (unpaired) electrons. The number of ether oxygens (including phenoxy) is 1. The molecular weight excluding hydrogens is 549 g/mol. The molecule has 1 aliphatic carbocycles. The van der Waals surface area contributed by atoms with Crippen LogP contribution in [-0.2, 0) is 23.8 Å². The van der Waals surface area contributed by atoms with Gasteiger partial charge in [-0.3, -0.25) is 9.67 Å². The monoisotopic (exact) mass is 585 g/mol. The van der Waals surface area contributed by atoms with Crippen LogP contribution in [-0.4, -0.2) is 46.3 Å². The van der Waals surface area contributed by atoms with Crippen molar-refractivity contribution in [1.82, 2.24) is 24.7 Å². The normalized spacial score (nSPS) is 13.1. The van der Waals surface area contributed by atoms with Crippen molar-refractivity contribution in [3.63, 3.8) is 0 Å². The number of hydrogen-bond donors (Lipinski definition) is 1. The molecule has 1 aromatic carbocycles. The van der Waals surface area contributed by atoms with Gasteiger partial charge in [0, 0.05) is 29.2 Å². The Morgan fingerprint density at radius 2 is 1.93 bits per heavy atom. The van der Waals surface area contributed by atoms with Crippen LogP contribution in [0.2, 0.25) is 18.1 Å². The Kier molecular flexibility index (Phi) is 8.38. The second kappa shape index (κ2) is 12.0. The Hall–Kier alpha value is -4.14. The van der Waals surface area contributed by atoms with Gasteiger partial charge in [-0.15, -0.1) is 0 Å². The SMILES string of the molecule is CC(C)(C)[Si](C)(C)OCCOc1cnc(-c2nn(Cc3ccccc3F)c3c2CCC3)nc1Nc1ccncc1C#N. The lowest BCUT2D eigenvalue weighted by molar-refractivity contribution is 0.203. The minimum absolute atomic E-state index is 0.0927. The predicted molar refractivity (Wildman–Crippen MR) is 162 cm³/mol. The number of nitrogens with one attached hydrogen (secondary N) is 1. The maximum atomic E-state index is 14.5. The number of nitriles is 1. The zero-order chi connectivity index (χ0) is 29.9. The second-order valence-corrected chi connectivity index (χ2v) is 16.7. The molecule has 0 bridgehead atoms. The lowest BCUT2D eigenvalue weighted by atomic mass is 10.2. The van der Waals surface area contributed by atoms with Crippen LogP contribution < -0.4 is 10.1 Å². The summed E-state index contributed by atoms with van der Waals surface area (Å²) in [6.07, 6.45) is 7.42. The number of rotatable bonds is 10. The maximum absolute atomic E-state index is 14.5. The van der Waals surface area contributed by atoms with Gasteiger partial charge < -0.3 is 14.5 Å². The Balaban J connectivity index is 1.45. The first kappa shape index (κ1) is 29.4. The molecule has 0 amide bonds. The summed E-state index contributed by atoms with van der Waals surface area (Å²) in [4.78, 5) is 13.5. The van der Waals surface area contributed by atoms with Gasteiger partial charge in [0.15, 0.2) is 25.7 Å². The fourth-order valence-corrected chi connectivity index (χ4v) is 5.70. The molecule has 42 heavy (non-hydrogen) atoms. The fourth-order valence-electron chi connectivity index (χ4n) is 4.67. The quantitative estimate of drug-likeness (QED) is 0.168. The van der Waals surface area contributed by atoms with Gasteiger partial charge in [0.2, 0.25) is 0 Å². The molecule has 218 valence electrons. The molecule has 0 aliphatic heterocycles. The van der Waals surface area contributed by atoms with Gasteiger partial charge in [-0.2, -0.15) is 10.4 Å². The minimum Gasteiger partial charge on any atom is -0.486 e. The number of anilines is 2. The van der Waals surface area contributed by atoms with Gasteiger partial charge in [-0.1, -0.05) is 39.0 Å². The molecule has 9 nitrogen and oxygen atoms in total. The summed E-state index contributed by atoms with van der Waals surface area (Å²) in [5.74, 6) is 1.01. The number of benzene rings is 1. The minimum atomic E-state index is -1.93. The Morgan fingerprint density at radius 3 is 2.69 bits per heavy atom. The van der Waals surface area contributed by atoms with E-state index in [0.717, 1.165) is 30.5 Å². The first-order valence-corrected chi connectivity index (χ1v) is 17.1. The van der Waals surface area contributed by atoms with Crippen molar-refractivity contribution >= 4 is 19.8 Å². The highest BCUT2D eigenvalue weighted by molar-refractivity contribution is 6.74. The highest BCUT2D eigenvalue weighted by Crippen LogP contribution is 2.37. The van der Waals surface area contributed by atoms with E-state index in [1.807, 2.05) is 10.7 Å². The summed E-state index contributed by atoms with van der Waals surface area (Å²) < 4.78 is 28.7. The van der Waals surface area contributed by atoms with Crippen molar-refractivity contribution in [3.8, 4) is 23.3 Å². The molecule has 1 aliphatic rings. The van der Waals surface area contributed by atoms with Gasteiger partial charge in [0.1, 0.15) is 24.2 Å². The summed E-state index contributed by atoms with van der Waals surface area (Å²) in [6.45, 7) is 12.1. The standard InChI is InChI=1S/C31H36FN7O2Si/c1-31(2,3)42(4,5)41-16-15-40-27-19-35-30(37-29(27)36-25-13-14-34-18-22(25)17-33)28-23-10-8-12-26(23)39(38-28)20-21-9-6-7-11-24(21)32/h6-7,9,11,13-14,18-19H,8,10,12,15-16,20H2,1-5H3,(H,34,35,36,37). The molecule has 0 fully saturated rings. The molecule has 0 saturated carbocycles. The van der Waals surface area contributed by atoms with Gasteiger partial charge >= 0.3 is 0 Å². The van der Waals surface area contributed by atoms with E-state index in [9.17, 15) is 9.65 Å². The fraction of sp³-hybridized carbons (Fsp3) is 0.387. The molecular formula is C31H36FN7O2Si. The summed E-state index contributed by atoms with van der Waals surface area (Å²) in [6, 6.07) is 10.6. The summed E-state index contributed by atoms with van der Waals surface area (Å²) in [5, 5.41) is 17.8. The zero-order valence-electron chi connectivity index (χ0n) is 24.7. The number of aromatic nitrogens is 5. The van der Waals surface area contributed by atoms with E-state index < -0.39 is 8.32 Å². The van der Waals surface area contributed by atoms with Crippen molar-refractivity contribution in [2.24, 2.45) is 0 Å². The molecule has 0 saturated heterocycles. The zero-order valence-corrected chi connectivity index (χ0v) is 25.7. The molecule has 0 atom stereocenters. The molecule has 4 aromatic rings. The first-order valence-electron chi connectivity index (χ1n) is 14.1. The largest absolute Gasteiger partial charge is 0.486 e. The molecule has 1 N–H and O–H groups in total. The Labute approximate surface area is 246 Å². The van der Waals surface area contributed by atoms with Crippen LogP contribution in [0.15, 0.2) is 48.9 Å². The smallest absolute Gasteiger partial charge is 0.192 e. The van der Waals surface area contributed by atoms with Crippen molar-refractivity contribution in [3.05, 3.63) is 77.1 Å². The van der Waals surface area contributed by atoms with Gasteiger partial charge in [-0.25, -0.2) is 14.4 Å². The van der Waals surface area contributed by atoms with Crippen molar-refractivity contribution < 1.29 is 13.6 Å². The number of hydrogen-bond acceptors (Lipinski definition) is 8. The Bertz CT molecular complexity index is 1620. The van der Waals surface area contributed by atoms with E-state index in [0.29, 0.717) is 59.7 Å². The third kappa shape index (κ3) is 6.20. The van der Waals surface area contributed by atoms with E-state index in [1.54, 1.807) is 30.6 Å². The van der Waals surface area contributed by atoms with E-state index in [2.05, 4.69) is 55.2 Å². The number of nitrogens with zero attached hydrogens (tertiary/aromatic N) is 6. The van der Waals surface area contributed by atoms with Gasteiger partial charge in [0.25, 0.3) is 0 Å². The topological polar surface area (TPSA) is 111 Å². The lowest BCUT2D eigenvalue weighted by Crippen LogP contribution is -2.41. The summed E-state index contributed by atoms with van der Waals surface area (Å²) >= 11 is 0. The van der Waals surface area contributed by atoms with Crippen LogP contribution in [0.5, 0.6) is 5.75 Å². The Morgan fingerprint density at radius 1 is 1.12 bits per heavy atom. The van der Waals surface area contributed by atoms with E-state index in [1.165, 1.54) is 12.3 Å². The average Bonchev–Trinajstić information content (AvgIpc) is 3.56. The maximum Gasteiger partial charge on any atom is 0.192 e. The lowest BCUT2D eigenvalue weighted by Gasteiger charge is -2.36. The highest BCUT2D eigenvalue weighted by Gasteiger charge is 2.37. The molecule has 5 rings (SSSR count). The van der Waals surface area contributed by atoms with Crippen LogP contribution in [0.25, 0.3) is 11.5 Å². The molecule has 3 aromatic heterocycles. The van der Waals surface area contributed by atoms with Gasteiger partial charge in [0.05, 0.1) is 30.6 Å². The average molecular weight is 586 g/mol. The van der Waals surface area contributed by atoms with Crippen molar-refractivity contribution in [2.45, 2.75) is 64.7 Å². The summed E-state index contributed by atoms with van der Waals surface area (Å²) in [7, 11) is -1.93. The van der Waals surface area contributed by atoms with Crippen LogP contribution in [0.3, 0.4) is 0 Å². The number of fused-ring (bicyclic) bond motifs is 1. The third-order valence-corrected chi connectivity index (χ3v) is 12.6. The third-order valence-electron chi connectivity index (χ3n) is 8.06. The highest BCUT2D eigenvalue weighted by atomic mass is 28.4. The van der Waals surface area contributed by atoms with Crippen LogP contribution in [0.4, 0.5) is 15.9 Å². The molecule has 11 heteroatoms. The second-order valence-electron chi connectivity index (χ2n) is 11.9. The molecule has 0 spiro atoms. The van der Waals surface area contributed by atoms with E-state index in [4.69, 9.17) is 19.2 Å². The summed E-state index contributed by atoms with van der Waals surface area (Å²) in [5.41, 5.74) is 4.33. The molecule has 3 heterocycles. The number of halogens is 1. The van der Waals surface area contributed by atoms with Crippen molar-refractivity contribution in [2.75, 3.05) is 18.5 Å². The van der Waals surface area contributed by atoms with Crippen LogP contribution >= 0.6 is 0 Å².